The summed E-state index contributed by atoms with van der Waals surface area (Å²) >= 11 is 0. The second kappa shape index (κ2) is 6.64. The van der Waals surface area contributed by atoms with Crippen molar-refractivity contribution in [3.8, 4) is 0 Å². The molecule has 0 aromatic carbocycles. The van der Waals surface area contributed by atoms with Gasteiger partial charge < -0.3 is 4.90 Å². The molecular weight excluding hydrogens is 312 g/mol. The van der Waals surface area contributed by atoms with Crippen molar-refractivity contribution in [1.29, 1.82) is 0 Å². The first-order valence-electron chi connectivity index (χ1n) is 7.63. The van der Waals surface area contributed by atoms with Crippen molar-refractivity contribution in [2.75, 3.05) is 25.0 Å². The number of pyridine rings is 2. The minimum Gasteiger partial charge on any atom is -0.355 e. The van der Waals surface area contributed by atoms with E-state index in [-0.39, 0.29) is 10.9 Å². The zero-order valence-electron chi connectivity index (χ0n) is 13.0. The molecule has 1 aliphatic heterocycles. The molecule has 0 bridgehead atoms. The summed E-state index contributed by atoms with van der Waals surface area (Å²) in [7, 11) is -1.87. The molecule has 6 nitrogen and oxygen atoms in total. The molecule has 1 fully saturated rings. The topological polar surface area (TPSA) is 66.4 Å². The van der Waals surface area contributed by atoms with E-state index in [9.17, 15) is 8.42 Å². The lowest BCUT2D eigenvalue weighted by molar-refractivity contribution is 0.319. The Bertz CT molecular complexity index is 737. The predicted molar refractivity (Wildman–Crippen MR) is 88.7 cm³/mol. The van der Waals surface area contributed by atoms with Crippen LogP contribution in [0.1, 0.15) is 12.8 Å². The van der Waals surface area contributed by atoms with Crippen LogP contribution in [0.5, 0.6) is 0 Å². The van der Waals surface area contributed by atoms with E-state index in [0.29, 0.717) is 6.54 Å². The maximum absolute atomic E-state index is 12.7. The summed E-state index contributed by atoms with van der Waals surface area (Å²) in [4.78, 5) is 10.7. The van der Waals surface area contributed by atoms with Crippen molar-refractivity contribution in [1.82, 2.24) is 14.3 Å². The van der Waals surface area contributed by atoms with Crippen LogP contribution in [0, 0.1) is 0 Å². The highest BCUT2D eigenvalue weighted by Gasteiger charge is 2.31. The number of likely N-dealkylation sites (N-methyl/N-ethyl adjacent to an activating group) is 1. The number of hydrogen-bond acceptors (Lipinski definition) is 5. The molecular formula is C16H20N4O2S. The van der Waals surface area contributed by atoms with E-state index in [0.717, 1.165) is 25.2 Å². The summed E-state index contributed by atoms with van der Waals surface area (Å²) in [5.74, 6) is 0.893. The average Bonchev–Trinajstić information content (AvgIpc) is 2.62. The molecule has 1 aliphatic rings. The van der Waals surface area contributed by atoms with E-state index in [2.05, 4.69) is 14.9 Å². The SMILES string of the molecule is CN([C@@H]1CCCN(c2ccccn2)C1)S(=O)(=O)c1cccnc1. The number of piperidine rings is 1. The van der Waals surface area contributed by atoms with Crippen molar-refractivity contribution >= 4 is 15.8 Å². The lowest BCUT2D eigenvalue weighted by atomic mass is 10.1. The van der Waals surface area contributed by atoms with Gasteiger partial charge in [0.05, 0.1) is 0 Å². The number of sulfonamides is 1. The molecule has 7 heteroatoms. The molecule has 3 heterocycles. The molecule has 1 atom stereocenters. The third-order valence-corrected chi connectivity index (χ3v) is 6.09. The Morgan fingerprint density at radius 3 is 2.78 bits per heavy atom. The Labute approximate surface area is 136 Å². The average molecular weight is 332 g/mol. The minimum atomic E-state index is -3.52. The number of anilines is 1. The van der Waals surface area contributed by atoms with Crippen molar-refractivity contribution in [2.45, 2.75) is 23.8 Å². The minimum absolute atomic E-state index is 0.0732. The predicted octanol–water partition coefficient (Wildman–Crippen LogP) is 1.77. The molecule has 2 aromatic heterocycles. The van der Waals surface area contributed by atoms with Crippen molar-refractivity contribution < 1.29 is 8.42 Å². The second-order valence-electron chi connectivity index (χ2n) is 5.64. The van der Waals surface area contributed by atoms with Crippen LogP contribution in [0.4, 0.5) is 5.82 Å². The van der Waals surface area contributed by atoms with Crippen LogP contribution in [-0.2, 0) is 10.0 Å². The fraction of sp³-hybridized carbons (Fsp3) is 0.375. The smallest absolute Gasteiger partial charge is 0.244 e. The first-order chi connectivity index (χ1) is 11.1. The molecule has 0 spiro atoms. The number of aromatic nitrogens is 2. The van der Waals surface area contributed by atoms with Gasteiger partial charge in [-0.25, -0.2) is 13.4 Å². The van der Waals surface area contributed by atoms with Gasteiger partial charge in [0.2, 0.25) is 10.0 Å². The summed E-state index contributed by atoms with van der Waals surface area (Å²) in [6.45, 7) is 1.54. The van der Waals surface area contributed by atoms with E-state index >= 15 is 0 Å². The van der Waals surface area contributed by atoms with Gasteiger partial charge in [0.15, 0.2) is 0 Å². The molecule has 2 aromatic rings. The standard InChI is InChI=1S/C16H20N4O2S/c1-19(23(21,22)15-7-4-9-17-12-15)14-6-5-11-20(13-14)16-8-2-3-10-18-16/h2-4,7-10,12,14H,5-6,11,13H2,1H3/t14-/m1/s1. The van der Waals surface area contributed by atoms with E-state index in [1.54, 1.807) is 31.6 Å². The first-order valence-corrected chi connectivity index (χ1v) is 9.07. The third kappa shape index (κ3) is 3.35. The fourth-order valence-corrected chi connectivity index (χ4v) is 4.20. The van der Waals surface area contributed by atoms with Gasteiger partial charge in [-0.3, -0.25) is 4.98 Å². The van der Waals surface area contributed by atoms with E-state index in [1.807, 2.05) is 18.2 Å². The summed E-state index contributed by atoms with van der Waals surface area (Å²) in [5.41, 5.74) is 0. The highest BCUT2D eigenvalue weighted by molar-refractivity contribution is 7.89. The van der Waals surface area contributed by atoms with Crippen molar-refractivity contribution in [3.63, 3.8) is 0 Å². The number of rotatable bonds is 4. The summed E-state index contributed by atoms with van der Waals surface area (Å²) in [6.07, 6.45) is 6.51. The molecule has 23 heavy (non-hydrogen) atoms. The summed E-state index contributed by atoms with van der Waals surface area (Å²) in [5, 5.41) is 0. The van der Waals surface area contributed by atoms with Crippen LogP contribution >= 0.6 is 0 Å². The van der Waals surface area contributed by atoms with Crippen LogP contribution in [-0.4, -0.2) is 48.9 Å². The molecule has 122 valence electrons. The molecule has 0 radical (unpaired) electrons. The van der Waals surface area contributed by atoms with E-state index in [4.69, 9.17) is 0 Å². The second-order valence-corrected chi connectivity index (χ2v) is 7.64. The Morgan fingerprint density at radius 1 is 1.22 bits per heavy atom. The van der Waals surface area contributed by atoms with Gasteiger partial charge in [-0.05, 0) is 37.1 Å². The van der Waals surface area contributed by atoms with Gasteiger partial charge in [0.1, 0.15) is 10.7 Å². The van der Waals surface area contributed by atoms with Crippen LogP contribution in [0.3, 0.4) is 0 Å². The molecule has 0 aliphatic carbocycles. The van der Waals surface area contributed by atoms with Gasteiger partial charge in [0.25, 0.3) is 0 Å². The quantitative estimate of drug-likeness (QED) is 0.853. The highest BCUT2D eigenvalue weighted by Crippen LogP contribution is 2.24. The lowest BCUT2D eigenvalue weighted by Gasteiger charge is -2.37. The Morgan fingerprint density at radius 2 is 2.09 bits per heavy atom. The highest BCUT2D eigenvalue weighted by atomic mass is 32.2. The molecule has 0 saturated carbocycles. The Hall–Kier alpha value is -1.99. The maximum atomic E-state index is 12.7. The van der Waals surface area contributed by atoms with Crippen LogP contribution in [0.25, 0.3) is 0 Å². The first kappa shape index (κ1) is 15.9. The zero-order chi connectivity index (χ0) is 16.3. The van der Waals surface area contributed by atoms with Crippen LogP contribution in [0.15, 0.2) is 53.8 Å². The van der Waals surface area contributed by atoms with Crippen LogP contribution < -0.4 is 4.90 Å². The molecule has 0 unspecified atom stereocenters. The Balaban J connectivity index is 1.78. The van der Waals surface area contributed by atoms with Gasteiger partial charge >= 0.3 is 0 Å². The molecule has 0 amide bonds. The third-order valence-electron chi connectivity index (χ3n) is 4.20. The van der Waals surface area contributed by atoms with E-state index in [1.165, 1.54) is 10.5 Å². The van der Waals surface area contributed by atoms with Crippen molar-refractivity contribution in [2.24, 2.45) is 0 Å². The Kier molecular flexibility index (Phi) is 4.58. The molecule has 1 saturated heterocycles. The van der Waals surface area contributed by atoms with Crippen molar-refractivity contribution in [3.05, 3.63) is 48.9 Å². The van der Waals surface area contributed by atoms with Gasteiger partial charge in [-0.1, -0.05) is 6.07 Å². The maximum Gasteiger partial charge on any atom is 0.244 e. The number of nitrogens with zero attached hydrogens (tertiary/aromatic N) is 4. The lowest BCUT2D eigenvalue weighted by Crippen LogP contribution is -2.48. The summed E-state index contributed by atoms with van der Waals surface area (Å²) in [6, 6.07) is 8.93. The monoisotopic (exact) mass is 332 g/mol. The van der Waals surface area contributed by atoms with E-state index < -0.39 is 10.0 Å². The zero-order valence-corrected chi connectivity index (χ0v) is 13.9. The fourth-order valence-electron chi connectivity index (χ4n) is 2.86. The summed E-state index contributed by atoms with van der Waals surface area (Å²) < 4.78 is 26.9. The van der Waals surface area contributed by atoms with Crippen LogP contribution in [0.2, 0.25) is 0 Å². The normalized spacial score (nSPS) is 19.0. The van der Waals surface area contributed by atoms with Gasteiger partial charge in [-0.15, -0.1) is 0 Å². The van der Waals surface area contributed by atoms with Gasteiger partial charge in [0, 0.05) is 44.8 Å². The number of hydrogen-bond donors (Lipinski definition) is 0. The van der Waals surface area contributed by atoms with Gasteiger partial charge in [-0.2, -0.15) is 4.31 Å². The molecule has 3 rings (SSSR count). The molecule has 0 N–H and O–H groups in total. The largest absolute Gasteiger partial charge is 0.355 e.